The highest BCUT2D eigenvalue weighted by atomic mass is 32.1. The van der Waals surface area contributed by atoms with Crippen molar-refractivity contribution in [1.82, 2.24) is 0 Å². The molecule has 15 aromatic rings. The summed E-state index contributed by atoms with van der Waals surface area (Å²) in [5.74, 6) is 1.70. The Kier molecular flexibility index (Phi) is 14.1. The van der Waals surface area contributed by atoms with Crippen LogP contribution in [0.4, 0.5) is 39.8 Å². The van der Waals surface area contributed by atoms with Crippen molar-refractivity contribution >= 4 is 122 Å². The van der Waals surface area contributed by atoms with E-state index in [4.69, 9.17) is 8.83 Å². The van der Waals surface area contributed by atoms with E-state index in [0.717, 1.165) is 106 Å². The van der Waals surface area contributed by atoms with Gasteiger partial charge in [-0.3, -0.25) is 0 Å². The first-order chi connectivity index (χ1) is 47.1. The summed E-state index contributed by atoms with van der Waals surface area (Å²) in [4.78, 5) is 7.76. The van der Waals surface area contributed by atoms with E-state index in [1.807, 2.05) is 11.3 Å². The van der Waals surface area contributed by atoms with Crippen LogP contribution in [0.5, 0.6) is 0 Å². The number of benzene rings is 12. The number of para-hydroxylation sites is 1. The Morgan fingerprint density at radius 3 is 1.48 bits per heavy atom. The van der Waals surface area contributed by atoms with Crippen molar-refractivity contribution in [1.29, 1.82) is 0 Å². The molecule has 3 aromatic heterocycles. The van der Waals surface area contributed by atoms with Gasteiger partial charge in [-0.05, 0) is 150 Å². The Morgan fingerprint density at radius 2 is 0.888 bits per heavy atom. The van der Waals surface area contributed by atoms with E-state index in [0.29, 0.717) is 6.54 Å². The van der Waals surface area contributed by atoms with Crippen LogP contribution < -0.4 is 25.5 Å². The lowest BCUT2D eigenvalue weighted by molar-refractivity contribution is 0.590. The molecule has 0 saturated heterocycles. The van der Waals surface area contributed by atoms with E-state index in [9.17, 15) is 0 Å². The second-order valence-electron chi connectivity index (χ2n) is 31.3. The lowest BCUT2D eigenvalue weighted by Crippen LogP contribution is -2.62. The van der Waals surface area contributed by atoms with Crippen LogP contribution in [0.1, 0.15) is 111 Å². The van der Waals surface area contributed by atoms with Gasteiger partial charge < -0.3 is 23.4 Å². The molecule has 0 N–H and O–H groups in total. The fraction of sp³-hybridized carbons (Fsp3) is 0.187. The maximum atomic E-state index is 7.44. The van der Waals surface area contributed by atoms with Gasteiger partial charge in [-0.25, -0.2) is 0 Å². The molecule has 0 bridgehead atoms. The summed E-state index contributed by atoms with van der Waals surface area (Å²) in [5, 5.41) is 6.75. The third kappa shape index (κ3) is 10.3. The molecule has 0 aliphatic carbocycles. The molecule has 98 heavy (non-hydrogen) atoms. The summed E-state index contributed by atoms with van der Waals surface area (Å²) in [6.45, 7) is 27.8. The highest BCUT2D eigenvalue weighted by Gasteiger charge is 2.47. The van der Waals surface area contributed by atoms with Gasteiger partial charge in [-0.2, -0.15) is 0 Å². The molecule has 480 valence electrons. The van der Waals surface area contributed by atoms with E-state index < -0.39 is 0 Å². The number of nitrogens with zero attached hydrogens (tertiary/aromatic N) is 3. The zero-order valence-corrected chi connectivity index (χ0v) is 58.9. The summed E-state index contributed by atoms with van der Waals surface area (Å²) in [7, 11) is 0. The monoisotopic (exact) mass is 1290 g/mol. The standard InChI is InChI=1S/C91H80BN3O2S/c1-88(2,3)60-34-40-64(41-35-60)94(65-42-36-61(37-43-65)89(4,5)6)67-46-47-69-71-50-75-77(54-82(71)98-81(69)49-67)95(66-44-38-62(39-45-66)90(7,8)9)92-76-51-72-74(86(58-28-20-15-21-29-58)97-85(72)57-26-18-14-19-27-57)52-78(76)93(79-53-73-68-30-22-23-31-80(68)96-87(73)83(75)84(79)92)55-59-32-33-63(91(10,11)12)48-70(59)56-24-16-13-17-25-56/h13-54H,55H2,1-12H3. The lowest BCUT2D eigenvalue weighted by atomic mass is 9.43. The lowest BCUT2D eigenvalue weighted by Gasteiger charge is -2.46. The van der Waals surface area contributed by atoms with Crippen molar-refractivity contribution in [3.05, 3.63) is 283 Å². The second kappa shape index (κ2) is 22.6. The molecule has 7 heteroatoms. The second-order valence-corrected chi connectivity index (χ2v) is 32.4. The fourth-order valence-corrected chi connectivity index (χ4v) is 16.6. The maximum absolute atomic E-state index is 7.44. The average Bonchev–Trinajstić information content (AvgIpc) is 1.20. The van der Waals surface area contributed by atoms with E-state index in [2.05, 4.69) is 352 Å². The van der Waals surface area contributed by atoms with Crippen LogP contribution in [0.3, 0.4) is 0 Å². The number of anilines is 7. The molecular weight excluding hydrogens is 1210 g/mol. The summed E-state index contributed by atoms with van der Waals surface area (Å²) < 4.78 is 17.2. The predicted octanol–water partition coefficient (Wildman–Crippen LogP) is 24.9. The number of furan rings is 2. The summed E-state index contributed by atoms with van der Waals surface area (Å²) in [5.41, 5.74) is 25.1. The number of thiophene rings is 1. The minimum atomic E-state index is -0.335. The molecule has 0 atom stereocenters. The highest BCUT2D eigenvalue weighted by Crippen LogP contribution is 2.54. The Hall–Kier alpha value is -10.3. The Bertz CT molecular complexity index is 5560. The molecule has 12 aromatic carbocycles. The van der Waals surface area contributed by atoms with Gasteiger partial charge >= 0.3 is 6.85 Å². The molecule has 0 radical (unpaired) electrons. The zero-order valence-electron chi connectivity index (χ0n) is 58.1. The van der Waals surface area contributed by atoms with Crippen LogP contribution in [0.25, 0.3) is 97.8 Å². The first-order valence-electron chi connectivity index (χ1n) is 34.7. The normalized spacial score (nSPS) is 13.3. The molecular formula is C91H80BN3O2S. The van der Waals surface area contributed by atoms with Crippen molar-refractivity contribution in [3.8, 4) is 44.9 Å². The van der Waals surface area contributed by atoms with Gasteiger partial charge in [0.2, 0.25) is 0 Å². The van der Waals surface area contributed by atoms with Gasteiger partial charge in [-0.15, -0.1) is 11.3 Å². The van der Waals surface area contributed by atoms with E-state index in [1.54, 1.807) is 0 Å². The van der Waals surface area contributed by atoms with E-state index >= 15 is 0 Å². The minimum Gasteiger partial charge on any atom is -0.455 e. The smallest absolute Gasteiger partial charge is 0.333 e. The van der Waals surface area contributed by atoms with E-state index in [1.165, 1.54) is 70.0 Å². The molecule has 0 unspecified atom stereocenters. The number of rotatable bonds is 9. The van der Waals surface area contributed by atoms with Gasteiger partial charge in [0.25, 0.3) is 0 Å². The van der Waals surface area contributed by atoms with Crippen LogP contribution in [-0.4, -0.2) is 6.85 Å². The molecule has 2 aliphatic rings. The Morgan fingerprint density at radius 1 is 0.378 bits per heavy atom. The molecule has 5 nitrogen and oxygen atoms in total. The molecule has 17 rings (SSSR count). The van der Waals surface area contributed by atoms with Crippen molar-refractivity contribution in [2.75, 3.05) is 14.6 Å². The number of fused-ring (bicyclic) bond motifs is 12. The van der Waals surface area contributed by atoms with Crippen molar-refractivity contribution in [3.63, 3.8) is 0 Å². The van der Waals surface area contributed by atoms with Crippen LogP contribution >= 0.6 is 11.3 Å². The summed E-state index contributed by atoms with van der Waals surface area (Å²) in [6, 6.07) is 95.7. The number of hydrogen-bond donors (Lipinski definition) is 0. The molecule has 0 amide bonds. The average molecular weight is 1290 g/mol. The molecule has 2 aliphatic heterocycles. The van der Waals surface area contributed by atoms with Crippen molar-refractivity contribution < 1.29 is 8.83 Å². The first-order valence-corrected chi connectivity index (χ1v) is 35.5. The zero-order chi connectivity index (χ0) is 67.3. The largest absolute Gasteiger partial charge is 0.455 e. The van der Waals surface area contributed by atoms with Crippen LogP contribution in [0.2, 0.25) is 0 Å². The number of hydrogen-bond acceptors (Lipinski definition) is 6. The van der Waals surface area contributed by atoms with Crippen LogP contribution in [-0.2, 0) is 28.2 Å². The first kappa shape index (κ1) is 61.3. The van der Waals surface area contributed by atoms with Gasteiger partial charge in [-0.1, -0.05) is 259 Å². The third-order valence-corrected chi connectivity index (χ3v) is 21.9. The molecule has 0 saturated carbocycles. The minimum absolute atomic E-state index is 0.0213. The fourth-order valence-electron chi connectivity index (χ4n) is 15.4. The highest BCUT2D eigenvalue weighted by molar-refractivity contribution is 7.26. The molecule has 0 spiro atoms. The van der Waals surface area contributed by atoms with Gasteiger partial charge in [0.15, 0.2) is 0 Å². The predicted molar refractivity (Wildman–Crippen MR) is 420 cm³/mol. The van der Waals surface area contributed by atoms with Gasteiger partial charge in [0, 0.05) is 110 Å². The topological polar surface area (TPSA) is 36.0 Å². The Balaban J connectivity index is 0.966. The summed E-state index contributed by atoms with van der Waals surface area (Å²) >= 11 is 1.88. The van der Waals surface area contributed by atoms with Gasteiger partial charge in [0.1, 0.15) is 22.7 Å². The SMILES string of the molecule is CC(C)(C)c1ccc(N2B3c4cc5c(-c6ccccc6)oc(-c6ccccc6)c5cc4N(Cc4ccc(C(C)(C)C)cc4-c4ccccc4)c4cc5c(oc6ccccc65)c(c43)-c3cc4c(cc32)sc2cc(N(c3ccc(C(C)(C)C)cc3)c3ccc(C(C)(C)C)cc3)ccc24)cc1. The van der Waals surface area contributed by atoms with Crippen molar-refractivity contribution in [2.24, 2.45) is 0 Å². The molecule has 5 heterocycles. The Labute approximate surface area is 580 Å². The van der Waals surface area contributed by atoms with Crippen molar-refractivity contribution in [2.45, 2.75) is 111 Å². The van der Waals surface area contributed by atoms with Gasteiger partial charge in [0.05, 0.1) is 0 Å². The van der Waals surface area contributed by atoms with Crippen LogP contribution in [0.15, 0.2) is 264 Å². The summed E-state index contributed by atoms with van der Waals surface area (Å²) in [6.07, 6.45) is 0. The van der Waals surface area contributed by atoms with E-state index in [-0.39, 0.29) is 28.5 Å². The third-order valence-electron chi connectivity index (χ3n) is 20.8. The van der Waals surface area contributed by atoms with Crippen LogP contribution in [0, 0.1) is 0 Å². The maximum Gasteiger partial charge on any atom is 0.333 e. The quantitative estimate of drug-likeness (QED) is 0.135. The molecule has 0 fully saturated rings.